The fourth-order valence-electron chi connectivity index (χ4n) is 3.26. The van der Waals surface area contributed by atoms with Gasteiger partial charge in [-0.1, -0.05) is 12.1 Å². The summed E-state index contributed by atoms with van der Waals surface area (Å²) in [4.78, 5) is 16.2. The highest BCUT2D eigenvalue weighted by Crippen LogP contribution is 2.55. The Morgan fingerprint density at radius 3 is 2.73 bits per heavy atom. The topological polar surface area (TPSA) is 91.3 Å². The maximum Gasteiger partial charge on any atom is 0.410 e. The maximum atomic E-state index is 12.3. The van der Waals surface area contributed by atoms with E-state index < -0.39 is 16.4 Å². The predicted octanol–water partition coefficient (Wildman–Crippen LogP) is 3.12. The molecule has 144 valence electrons. The van der Waals surface area contributed by atoms with Crippen LogP contribution in [0.2, 0.25) is 0 Å². The summed E-state index contributed by atoms with van der Waals surface area (Å²) in [5, 5.41) is 0. The standard InChI is InChI=1S/C18H27N3O4S/c1-18(2,3)25-17(22)20(4)13-8-7-11-21(12-13)16-14-9-5-6-10-15(14)26(23,24)19-16/h5-6,9-10,13,23-24H,7-8,11-12H2,1-4H3/p-2. The number of piperidine rings is 1. The van der Waals surface area contributed by atoms with Crippen LogP contribution in [0, 0.1) is 0 Å². The molecule has 1 saturated heterocycles. The molecule has 0 aromatic heterocycles. The lowest BCUT2D eigenvalue weighted by Crippen LogP contribution is -2.51. The van der Waals surface area contributed by atoms with E-state index in [4.69, 9.17) is 4.74 Å². The molecule has 1 atom stereocenters. The van der Waals surface area contributed by atoms with Crippen LogP contribution in [0.25, 0.3) is 0 Å². The number of amidine groups is 1. The Labute approximate surface area is 156 Å². The number of nitrogens with zero attached hydrogens (tertiary/aromatic N) is 3. The fraction of sp³-hybridized carbons (Fsp3) is 0.556. The second-order valence-electron chi connectivity index (χ2n) is 7.72. The van der Waals surface area contributed by atoms with Crippen molar-refractivity contribution in [3.05, 3.63) is 29.8 Å². The van der Waals surface area contributed by atoms with Crippen LogP contribution in [0.4, 0.5) is 4.79 Å². The number of hydrogen-bond acceptors (Lipinski definition) is 6. The van der Waals surface area contributed by atoms with E-state index in [1.54, 1.807) is 30.1 Å². The highest BCUT2D eigenvalue weighted by molar-refractivity contribution is 8.23. The number of likely N-dealkylation sites (tertiary alicyclic amines) is 1. The lowest BCUT2D eigenvalue weighted by Gasteiger charge is -2.52. The highest BCUT2D eigenvalue weighted by Gasteiger charge is 2.32. The van der Waals surface area contributed by atoms with Crippen molar-refractivity contribution in [1.29, 1.82) is 0 Å². The number of rotatable bonds is 1. The quantitative estimate of drug-likeness (QED) is 0.748. The molecule has 0 aliphatic carbocycles. The SMILES string of the molecule is CN(C(=O)OC(C)(C)C)C1CCCN(C2=NS([O-])([O-])c3ccccc32)C1. The summed E-state index contributed by atoms with van der Waals surface area (Å²) >= 11 is 0. The van der Waals surface area contributed by atoms with Crippen LogP contribution in [0.5, 0.6) is 0 Å². The van der Waals surface area contributed by atoms with Crippen LogP contribution in [0.1, 0.15) is 39.2 Å². The third-order valence-corrected chi connectivity index (χ3v) is 5.86. The molecule has 0 N–H and O–H groups in total. The molecule has 8 heteroatoms. The molecule has 26 heavy (non-hydrogen) atoms. The Morgan fingerprint density at radius 1 is 1.35 bits per heavy atom. The van der Waals surface area contributed by atoms with Gasteiger partial charge in [0.05, 0.1) is 6.04 Å². The van der Waals surface area contributed by atoms with Crippen LogP contribution in [-0.2, 0) is 4.74 Å². The molecule has 2 heterocycles. The van der Waals surface area contributed by atoms with Crippen LogP contribution < -0.4 is 0 Å². The maximum absolute atomic E-state index is 12.3. The molecule has 0 saturated carbocycles. The van der Waals surface area contributed by atoms with E-state index in [2.05, 4.69) is 4.40 Å². The van der Waals surface area contributed by atoms with Crippen molar-refractivity contribution in [3.8, 4) is 0 Å². The Bertz CT molecular complexity index is 729. The van der Waals surface area contributed by atoms with Crippen molar-refractivity contribution in [3.63, 3.8) is 0 Å². The number of fused-ring (bicyclic) bond motifs is 1. The summed E-state index contributed by atoms with van der Waals surface area (Å²) in [6.07, 6.45) is 1.32. The molecule has 1 fully saturated rings. The molecule has 1 aromatic carbocycles. The fourth-order valence-corrected chi connectivity index (χ4v) is 4.49. The zero-order valence-electron chi connectivity index (χ0n) is 15.6. The van der Waals surface area contributed by atoms with Gasteiger partial charge in [-0.05, 0) is 45.7 Å². The van der Waals surface area contributed by atoms with Gasteiger partial charge in [-0.3, -0.25) is 0 Å². The summed E-state index contributed by atoms with van der Waals surface area (Å²) in [5.74, 6) is 0.475. The molecule has 0 bridgehead atoms. The van der Waals surface area contributed by atoms with E-state index in [1.807, 2.05) is 31.7 Å². The van der Waals surface area contributed by atoms with E-state index in [0.717, 1.165) is 12.8 Å². The molecular formula is C18H25N3O4S-2. The van der Waals surface area contributed by atoms with Crippen molar-refractivity contribution >= 4 is 22.7 Å². The molecule has 0 radical (unpaired) electrons. The van der Waals surface area contributed by atoms with Gasteiger partial charge in [-0.15, -0.1) is 0 Å². The zero-order chi connectivity index (χ0) is 19.1. The normalized spacial score (nSPS) is 23.1. The monoisotopic (exact) mass is 379 g/mol. The van der Waals surface area contributed by atoms with E-state index in [-0.39, 0.29) is 17.0 Å². The summed E-state index contributed by atoms with van der Waals surface area (Å²) in [5.41, 5.74) is 0.0792. The summed E-state index contributed by atoms with van der Waals surface area (Å²) < 4.78 is 34.0. The predicted molar refractivity (Wildman–Crippen MR) is 99.0 cm³/mol. The lowest BCUT2D eigenvalue weighted by atomic mass is 10.0. The minimum Gasteiger partial charge on any atom is -0.778 e. The van der Waals surface area contributed by atoms with Crippen LogP contribution in [0.3, 0.4) is 0 Å². The van der Waals surface area contributed by atoms with Gasteiger partial charge >= 0.3 is 6.09 Å². The smallest absolute Gasteiger partial charge is 0.410 e. The Kier molecular flexibility index (Phi) is 4.94. The van der Waals surface area contributed by atoms with Crippen LogP contribution in [0.15, 0.2) is 33.6 Å². The van der Waals surface area contributed by atoms with Gasteiger partial charge in [-0.2, -0.15) is 0 Å². The third kappa shape index (κ3) is 3.82. The average molecular weight is 379 g/mol. The van der Waals surface area contributed by atoms with Gasteiger partial charge in [0, 0.05) is 30.6 Å². The van der Waals surface area contributed by atoms with E-state index in [0.29, 0.717) is 24.5 Å². The van der Waals surface area contributed by atoms with Crippen molar-refractivity contribution in [1.82, 2.24) is 9.80 Å². The lowest BCUT2D eigenvalue weighted by molar-refractivity contribution is 0.0169. The third-order valence-electron chi connectivity index (χ3n) is 4.54. The molecular weight excluding hydrogens is 354 g/mol. The number of sulfonamides is 1. The summed E-state index contributed by atoms with van der Waals surface area (Å²) in [6, 6.07) is 6.81. The minimum absolute atomic E-state index is 0.0585. The molecule has 2 aliphatic heterocycles. The number of hydrogen-bond donors (Lipinski definition) is 0. The molecule has 3 rings (SSSR count). The molecule has 1 aromatic rings. The largest absolute Gasteiger partial charge is 0.778 e. The first-order valence-electron chi connectivity index (χ1n) is 8.73. The first-order valence-corrected chi connectivity index (χ1v) is 10.2. The molecule has 1 unspecified atom stereocenters. The first-order chi connectivity index (χ1) is 12.1. The molecule has 2 aliphatic rings. The Morgan fingerprint density at radius 2 is 2.04 bits per heavy atom. The van der Waals surface area contributed by atoms with Gasteiger partial charge in [-0.25, -0.2) is 9.19 Å². The van der Waals surface area contributed by atoms with E-state index >= 15 is 0 Å². The number of ether oxygens (including phenoxy) is 1. The minimum atomic E-state index is -3.64. The molecule has 1 amide bonds. The number of likely N-dealkylation sites (N-methyl/N-ethyl adjacent to an activating group) is 1. The van der Waals surface area contributed by atoms with Crippen molar-refractivity contribution in [2.45, 2.75) is 50.2 Å². The van der Waals surface area contributed by atoms with Gasteiger partial charge in [0.2, 0.25) is 0 Å². The van der Waals surface area contributed by atoms with E-state index in [1.165, 1.54) is 0 Å². The van der Waals surface area contributed by atoms with Gasteiger partial charge in [0.25, 0.3) is 0 Å². The van der Waals surface area contributed by atoms with Crippen molar-refractivity contribution < 1.29 is 18.6 Å². The Hall–Kier alpha value is -1.77. The second kappa shape index (κ2) is 6.75. The average Bonchev–Trinajstić information content (AvgIpc) is 2.85. The molecule has 7 nitrogen and oxygen atoms in total. The molecule has 0 spiro atoms. The van der Waals surface area contributed by atoms with E-state index in [9.17, 15) is 13.9 Å². The summed E-state index contributed by atoms with van der Waals surface area (Å²) in [7, 11) is -1.92. The van der Waals surface area contributed by atoms with Crippen molar-refractivity contribution in [2.75, 3.05) is 20.1 Å². The van der Waals surface area contributed by atoms with Gasteiger partial charge in [0.15, 0.2) is 5.84 Å². The summed E-state index contributed by atoms with van der Waals surface area (Å²) in [6.45, 7) is 6.74. The first kappa shape index (κ1) is 19.0. The number of benzene rings is 1. The highest BCUT2D eigenvalue weighted by atomic mass is 32.3. The van der Waals surface area contributed by atoms with Crippen molar-refractivity contribution in [2.24, 2.45) is 4.40 Å². The van der Waals surface area contributed by atoms with Crippen LogP contribution >= 0.6 is 10.8 Å². The number of carbonyl (C=O) groups is 1. The van der Waals surface area contributed by atoms with Gasteiger partial charge in [0.1, 0.15) is 5.60 Å². The van der Waals surface area contributed by atoms with Crippen LogP contribution in [-0.4, -0.2) is 62.6 Å². The zero-order valence-corrected chi connectivity index (χ0v) is 16.4. The number of carbonyl (C=O) groups excluding carboxylic acids is 1. The van der Waals surface area contributed by atoms with Gasteiger partial charge < -0.3 is 34.4 Å². The Balaban J connectivity index is 1.76. The number of amides is 1. The second-order valence-corrected chi connectivity index (χ2v) is 9.29.